The first-order chi connectivity index (χ1) is 14.0. The molecule has 1 aliphatic carbocycles. The van der Waals surface area contributed by atoms with Crippen molar-refractivity contribution in [1.82, 2.24) is 9.88 Å². The van der Waals surface area contributed by atoms with Gasteiger partial charge in [0.2, 0.25) is 6.79 Å². The van der Waals surface area contributed by atoms with Gasteiger partial charge in [-0.2, -0.15) is 0 Å². The molecule has 0 bridgehead atoms. The van der Waals surface area contributed by atoms with Crippen LogP contribution in [0.4, 0.5) is 0 Å². The van der Waals surface area contributed by atoms with Crippen molar-refractivity contribution < 1.29 is 23.8 Å². The van der Waals surface area contributed by atoms with Crippen LogP contribution in [0.5, 0.6) is 11.5 Å². The number of nitrogens with one attached hydrogen (secondary N) is 1. The first-order valence-electron chi connectivity index (χ1n) is 9.70. The van der Waals surface area contributed by atoms with Gasteiger partial charge in [-0.15, -0.1) is 0 Å². The fourth-order valence-corrected chi connectivity index (χ4v) is 3.51. The van der Waals surface area contributed by atoms with Gasteiger partial charge in [0, 0.05) is 30.1 Å². The Morgan fingerprint density at radius 2 is 2.00 bits per heavy atom. The Morgan fingerprint density at radius 3 is 2.79 bits per heavy atom. The highest BCUT2D eigenvalue weighted by Gasteiger charge is 2.26. The van der Waals surface area contributed by atoms with Gasteiger partial charge in [0.1, 0.15) is 0 Å². The summed E-state index contributed by atoms with van der Waals surface area (Å²) in [5, 5.41) is 2.72. The summed E-state index contributed by atoms with van der Waals surface area (Å²) in [4.78, 5) is 23.9. The van der Waals surface area contributed by atoms with Crippen molar-refractivity contribution >= 4 is 18.0 Å². The van der Waals surface area contributed by atoms with E-state index in [1.165, 1.54) is 24.6 Å². The van der Waals surface area contributed by atoms with Crippen molar-refractivity contribution in [1.29, 1.82) is 0 Å². The van der Waals surface area contributed by atoms with Gasteiger partial charge < -0.3 is 24.1 Å². The van der Waals surface area contributed by atoms with E-state index in [1.807, 2.05) is 12.1 Å². The maximum Gasteiger partial charge on any atom is 0.331 e. The van der Waals surface area contributed by atoms with E-state index in [9.17, 15) is 9.59 Å². The van der Waals surface area contributed by atoms with Crippen LogP contribution >= 0.6 is 0 Å². The maximum absolute atomic E-state index is 11.9. The molecule has 2 aromatic rings. The smallest absolute Gasteiger partial charge is 0.331 e. The van der Waals surface area contributed by atoms with Gasteiger partial charge in [0.15, 0.2) is 18.1 Å². The number of benzene rings is 1. The quantitative estimate of drug-likeness (QED) is 0.575. The Bertz CT molecular complexity index is 972. The van der Waals surface area contributed by atoms with E-state index in [2.05, 4.69) is 29.8 Å². The molecule has 1 aromatic carbocycles. The molecule has 0 spiro atoms. The number of rotatable bonds is 7. The molecule has 1 amide bonds. The van der Waals surface area contributed by atoms with Crippen LogP contribution in [-0.2, 0) is 20.9 Å². The number of aryl methyl sites for hydroxylation is 1. The van der Waals surface area contributed by atoms with Gasteiger partial charge in [0.05, 0.1) is 0 Å². The van der Waals surface area contributed by atoms with Gasteiger partial charge in [-0.25, -0.2) is 4.79 Å². The molecule has 1 fully saturated rings. The molecule has 0 unspecified atom stereocenters. The van der Waals surface area contributed by atoms with Crippen molar-refractivity contribution in [2.24, 2.45) is 0 Å². The molecule has 152 valence electrons. The second-order valence-electron chi connectivity index (χ2n) is 7.33. The Morgan fingerprint density at radius 1 is 1.21 bits per heavy atom. The van der Waals surface area contributed by atoms with E-state index < -0.39 is 5.97 Å². The number of fused-ring (bicyclic) bond motifs is 1. The molecule has 0 radical (unpaired) electrons. The van der Waals surface area contributed by atoms with Gasteiger partial charge in [0.25, 0.3) is 5.91 Å². The molecule has 7 nitrogen and oxygen atoms in total. The molecule has 1 N–H and O–H groups in total. The lowest BCUT2D eigenvalue weighted by atomic mass is 10.2. The summed E-state index contributed by atoms with van der Waals surface area (Å²) in [6, 6.07) is 8.12. The summed E-state index contributed by atoms with van der Waals surface area (Å²) in [6.07, 6.45) is 5.53. The summed E-state index contributed by atoms with van der Waals surface area (Å²) in [5.41, 5.74) is 4.22. The number of carbonyl (C=O) groups is 2. The topological polar surface area (TPSA) is 78.8 Å². The molecule has 29 heavy (non-hydrogen) atoms. The largest absolute Gasteiger partial charge is 0.454 e. The number of hydrogen-bond donors (Lipinski definition) is 1. The third-order valence-electron chi connectivity index (χ3n) is 5.11. The van der Waals surface area contributed by atoms with Gasteiger partial charge in [-0.05, 0) is 62.1 Å². The van der Waals surface area contributed by atoms with E-state index in [0.29, 0.717) is 24.1 Å². The monoisotopic (exact) mass is 396 g/mol. The molecule has 1 aliphatic heterocycles. The van der Waals surface area contributed by atoms with Gasteiger partial charge in [-0.1, -0.05) is 6.07 Å². The van der Waals surface area contributed by atoms with Gasteiger partial charge >= 0.3 is 5.97 Å². The standard InChI is InChI=1S/C22H24N2O5/c1-14-9-17(15(2)24(14)18-5-6-18)4-8-22(26)27-12-21(25)23-11-16-3-7-19-20(10-16)29-13-28-19/h3-4,7-10,18H,5-6,11-13H2,1-2H3,(H,23,25)/b8-4+. The summed E-state index contributed by atoms with van der Waals surface area (Å²) in [7, 11) is 0. The molecule has 4 rings (SSSR count). The number of hydrogen-bond acceptors (Lipinski definition) is 5. The minimum absolute atomic E-state index is 0.207. The predicted octanol–water partition coefficient (Wildman–Crippen LogP) is 3.04. The molecule has 1 saturated carbocycles. The summed E-state index contributed by atoms with van der Waals surface area (Å²) < 4.78 is 17.9. The molecular formula is C22H24N2O5. The number of ether oxygens (including phenoxy) is 3. The molecule has 7 heteroatoms. The minimum atomic E-state index is -0.542. The lowest BCUT2D eigenvalue weighted by Gasteiger charge is -2.07. The van der Waals surface area contributed by atoms with E-state index in [4.69, 9.17) is 14.2 Å². The Kier molecular flexibility index (Phi) is 5.29. The number of nitrogens with zero attached hydrogens (tertiary/aromatic N) is 1. The summed E-state index contributed by atoms with van der Waals surface area (Å²) in [6.45, 7) is 4.33. The first-order valence-corrected chi connectivity index (χ1v) is 9.70. The zero-order valence-corrected chi connectivity index (χ0v) is 16.6. The Hall–Kier alpha value is -3.22. The number of esters is 1. The fraction of sp³-hybridized carbons (Fsp3) is 0.364. The van der Waals surface area contributed by atoms with Crippen molar-refractivity contribution in [2.75, 3.05) is 13.4 Å². The summed E-state index contributed by atoms with van der Waals surface area (Å²) >= 11 is 0. The third kappa shape index (κ3) is 4.45. The van der Waals surface area contributed by atoms with Crippen LogP contribution in [0.25, 0.3) is 6.08 Å². The predicted molar refractivity (Wildman–Crippen MR) is 107 cm³/mol. The van der Waals surface area contributed by atoms with E-state index in [-0.39, 0.29) is 19.3 Å². The van der Waals surface area contributed by atoms with E-state index >= 15 is 0 Å². The molecule has 2 aliphatic rings. The van der Waals surface area contributed by atoms with Crippen LogP contribution in [0.3, 0.4) is 0 Å². The normalized spacial score (nSPS) is 15.0. The molecule has 2 heterocycles. The SMILES string of the molecule is Cc1cc(/C=C/C(=O)OCC(=O)NCc2ccc3c(c2)OCO3)c(C)n1C1CC1. The zero-order chi connectivity index (χ0) is 20.4. The van der Waals surface area contributed by atoms with Crippen LogP contribution in [-0.4, -0.2) is 29.8 Å². The fourth-order valence-electron chi connectivity index (χ4n) is 3.51. The Labute approximate surface area is 169 Å². The van der Waals surface area contributed by atoms with Crippen molar-refractivity contribution in [2.45, 2.75) is 39.3 Å². The van der Waals surface area contributed by atoms with Crippen molar-refractivity contribution in [3.8, 4) is 11.5 Å². The lowest BCUT2D eigenvalue weighted by molar-refractivity contribution is -0.143. The third-order valence-corrected chi connectivity index (χ3v) is 5.11. The van der Waals surface area contributed by atoms with E-state index in [1.54, 1.807) is 12.1 Å². The molecule has 0 saturated heterocycles. The lowest BCUT2D eigenvalue weighted by Crippen LogP contribution is -2.28. The molecular weight excluding hydrogens is 372 g/mol. The van der Waals surface area contributed by atoms with Crippen LogP contribution in [0.2, 0.25) is 0 Å². The second-order valence-corrected chi connectivity index (χ2v) is 7.33. The van der Waals surface area contributed by atoms with Crippen LogP contribution < -0.4 is 14.8 Å². The number of carbonyl (C=O) groups excluding carboxylic acids is 2. The van der Waals surface area contributed by atoms with E-state index in [0.717, 1.165) is 16.8 Å². The molecule has 1 aromatic heterocycles. The number of aromatic nitrogens is 1. The van der Waals surface area contributed by atoms with Crippen LogP contribution in [0, 0.1) is 13.8 Å². The van der Waals surface area contributed by atoms with Crippen molar-refractivity contribution in [3.05, 3.63) is 52.9 Å². The van der Waals surface area contributed by atoms with Crippen LogP contribution in [0.1, 0.15) is 41.4 Å². The second kappa shape index (κ2) is 8.03. The Balaban J connectivity index is 1.23. The highest BCUT2D eigenvalue weighted by Crippen LogP contribution is 2.38. The molecule has 0 atom stereocenters. The summed E-state index contributed by atoms with van der Waals surface area (Å²) in [5.74, 6) is 0.448. The highest BCUT2D eigenvalue weighted by molar-refractivity contribution is 5.89. The van der Waals surface area contributed by atoms with Crippen LogP contribution in [0.15, 0.2) is 30.3 Å². The number of amides is 1. The maximum atomic E-state index is 11.9. The zero-order valence-electron chi connectivity index (χ0n) is 16.6. The van der Waals surface area contributed by atoms with Crippen molar-refractivity contribution in [3.63, 3.8) is 0 Å². The minimum Gasteiger partial charge on any atom is -0.454 e. The average molecular weight is 396 g/mol. The van der Waals surface area contributed by atoms with Gasteiger partial charge in [-0.3, -0.25) is 4.79 Å². The average Bonchev–Trinajstić information content (AvgIpc) is 3.35. The first kappa shape index (κ1) is 19.1. The highest BCUT2D eigenvalue weighted by atomic mass is 16.7.